The average molecular weight is 392 g/mol. The molecule has 152 valence electrons. The monoisotopic (exact) mass is 391 g/mol. The van der Waals surface area contributed by atoms with Crippen LogP contribution < -0.4 is 9.80 Å². The van der Waals surface area contributed by atoms with Gasteiger partial charge >= 0.3 is 0 Å². The SMILES string of the molecule is CCc1ccc(CN2CCc3nn(C)c4nc(N5CCN(C)CC5)nc2c34)cc1. The number of likely N-dealkylation sites (N-methyl/N-ethyl adjacent to an activating group) is 1. The summed E-state index contributed by atoms with van der Waals surface area (Å²) in [6.45, 7) is 8.01. The van der Waals surface area contributed by atoms with Crippen molar-refractivity contribution in [2.75, 3.05) is 49.6 Å². The molecule has 0 aliphatic carbocycles. The Morgan fingerprint density at radius 2 is 1.62 bits per heavy atom. The van der Waals surface area contributed by atoms with Crippen LogP contribution in [0.2, 0.25) is 0 Å². The van der Waals surface area contributed by atoms with E-state index in [2.05, 4.69) is 52.9 Å². The lowest BCUT2D eigenvalue weighted by Crippen LogP contribution is -2.45. The first kappa shape index (κ1) is 18.4. The second kappa shape index (κ2) is 7.30. The Morgan fingerprint density at radius 1 is 0.897 bits per heavy atom. The van der Waals surface area contributed by atoms with Crippen molar-refractivity contribution >= 4 is 22.8 Å². The van der Waals surface area contributed by atoms with E-state index in [1.165, 1.54) is 11.1 Å². The molecule has 7 heteroatoms. The molecule has 0 spiro atoms. The van der Waals surface area contributed by atoms with E-state index in [0.717, 1.165) is 80.6 Å². The molecule has 0 saturated carbocycles. The van der Waals surface area contributed by atoms with Crippen LogP contribution in [0.1, 0.15) is 23.7 Å². The highest BCUT2D eigenvalue weighted by molar-refractivity contribution is 5.92. The summed E-state index contributed by atoms with van der Waals surface area (Å²) in [5.74, 6) is 1.88. The Balaban J connectivity index is 1.52. The van der Waals surface area contributed by atoms with E-state index < -0.39 is 0 Å². The van der Waals surface area contributed by atoms with Crippen molar-refractivity contribution in [2.45, 2.75) is 26.3 Å². The number of hydrogen-bond acceptors (Lipinski definition) is 6. The zero-order valence-corrected chi connectivity index (χ0v) is 17.6. The summed E-state index contributed by atoms with van der Waals surface area (Å²) in [5.41, 5.74) is 4.77. The topological polar surface area (TPSA) is 53.3 Å². The summed E-state index contributed by atoms with van der Waals surface area (Å²) in [4.78, 5) is 17.1. The van der Waals surface area contributed by atoms with E-state index in [1.54, 1.807) is 0 Å². The van der Waals surface area contributed by atoms with Crippen LogP contribution in [0.4, 0.5) is 11.8 Å². The second-order valence-corrected chi connectivity index (χ2v) is 8.25. The number of benzene rings is 1. The van der Waals surface area contributed by atoms with Gasteiger partial charge in [0.15, 0.2) is 5.65 Å². The predicted octanol–water partition coefficient (Wildman–Crippen LogP) is 2.24. The fraction of sp³-hybridized carbons (Fsp3) is 0.500. The van der Waals surface area contributed by atoms with Crippen LogP contribution in [0.5, 0.6) is 0 Å². The highest BCUT2D eigenvalue weighted by Gasteiger charge is 2.28. The molecule has 5 rings (SSSR count). The van der Waals surface area contributed by atoms with Gasteiger partial charge in [-0.1, -0.05) is 31.2 Å². The third-order valence-electron chi connectivity index (χ3n) is 6.23. The summed E-state index contributed by atoms with van der Waals surface area (Å²) < 4.78 is 1.93. The Morgan fingerprint density at radius 3 is 2.34 bits per heavy atom. The van der Waals surface area contributed by atoms with Gasteiger partial charge in [0.25, 0.3) is 0 Å². The Labute approximate surface area is 171 Å². The molecule has 0 unspecified atom stereocenters. The standard InChI is InChI=1S/C22H29N7/c1-4-16-5-7-17(8-6-16)15-29-10-9-18-19-20(27(3)25-18)23-22(24-21(19)29)28-13-11-26(2)12-14-28/h5-8H,4,9-15H2,1-3H3. The number of anilines is 2. The normalized spacial score (nSPS) is 17.3. The number of aromatic nitrogens is 4. The van der Waals surface area contributed by atoms with Gasteiger partial charge in [0.05, 0.1) is 11.1 Å². The summed E-state index contributed by atoms with van der Waals surface area (Å²) in [7, 11) is 4.17. The minimum absolute atomic E-state index is 0.836. The summed E-state index contributed by atoms with van der Waals surface area (Å²) >= 11 is 0. The van der Waals surface area contributed by atoms with Crippen LogP contribution in [0.3, 0.4) is 0 Å². The molecule has 0 atom stereocenters. The van der Waals surface area contributed by atoms with Gasteiger partial charge in [-0.2, -0.15) is 15.1 Å². The summed E-state index contributed by atoms with van der Waals surface area (Å²) in [6, 6.07) is 8.97. The van der Waals surface area contributed by atoms with Crippen molar-refractivity contribution in [1.29, 1.82) is 0 Å². The van der Waals surface area contributed by atoms with Crippen molar-refractivity contribution < 1.29 is 0 Å². The van der Waals surface area contributed by atoms with Crippen molar-refractivity contribution in [3.8, 4) is 0 Å². The average Bonchev–Trinajstić information content (AvgIpc) is 3.07. The number of aryl methyl sites for hydroxylation is 2. The van der Waals surface area contributed by atoms with Gasteiger partial charge in [0, 0.05) is 52.7 Å². The molecular formula is C22H29N7. The van der Waals surface area contributed by atoms with Gasteiger partial charge in [-0.05, 0) is 24.6 Å². The minimum Gasteiger partial charge on any atom is -0.351 e. The molecule has 2 aliphatic rings. The Hall–Kier alpha value is -2.67. The van der Waals surface area contributed by atoms with Gasteiger partial charge in [-0.25, -0.2) is 4.68 Å². The number of rotatable bonds is 4. The number of piperazine rings is 1. The lowest BCUT2D eigenvalue weighted by molar-refractivity contribution is 0.311. The third kappa shape index (κ3) is 3.33. The zero-order chi connectivity index (χ0) is 20.0. The fourth-order valence-corrected chi connectivity index (χ4v) is 4.35. The molecule has 1 aromatic carbocycles. The van der Waals surface area contributed by atoms with Gasteiger partial charge in [0.1, 0.15) is 5.82 Å². The molecule has 0 radical (unpaired) electrons. The molecule has 2 aromatic heterocycles. The molecule has 0 N–H and O–H groups in total. The second-order valence-electron chi connectivity index (χ2n) is 8.25. The minimum atomic E-state index is 0.836. The molecule has 3 aromatic rings. The quantitative estimate of drug-likeness (QED) is 0.680. The van der Waals surface area contributed by atoms with Crippen LogP contribution in [-0.2, 0) is 26.4 Å². The molecule has 29 heavy (non-hydrogen) atoms. The number of nitrogens with zero attached hydrogens (tertiary/aromatic N) is 7. The van der Waals surface area contributed by atoms with E-state index in [-0.39, 0.29) is 0 Å². The molecule has 2 aliphatic heterocycles. The fourth-order valence-electron chi connectivity index (χ4n) is 4.35. The third-order valence-corrected chi connectivity index (χ3v) is 6.23. The predicted molar refractivity (Wildman–Crippen MR) is 117 cm³/mol. The number of hydrogen-bond donors (Lipinski definition) is 0. The van der Waals surface area contributed by atoms with Crippen molar-refractivity contribution in [2.24, 2.45) is 7.05 Å². The van der Waals surface area contributed by atoms with Gasteiger partial charge in [-0.3, -0.25) is 0 Å². The lowest BCUT2D eigenvalue weighted by Gasteiger charge is -2.34. The zero-order valence-electron chi connectivity index (χ0n) is 17.6. The van der Waals surface area contributed by atoms with Gasteiger partial charge < -0.3 is 14.7 Å². The lowest BCUT2D eigenvalue weighted by atomic mass is 10.1. The van der Waals surface area contributed by atoms with Crippen LogP contribution in [-0.4, -0.2) is 64.4 Å². The van der Waals surface area contributed by atoms with E-state index in [4.69, 9.17) is 15.1 Å². The summed E-state index contributed by atoms with van der Waals surface area (Å²) in [5, 5.41) is 5.87. The van der Waals surface area contributed by atoms with Crippen LogP contribution in [0.15, 0.2) is 24.3 Å². The smallest absolute Gasteiger partial charge is 0.229 e. The first-order valence-corrected chi connectivity index (χ1v) is 10.6. The van der Waals surface area contributed by atoms with Crippen LogP contribution in [0.25, 0.3) is 11.0 Å². The largest absolute Gasteiger partial charge is 0.351 e. The molecule has 4 heterocycles. The summed E-state index contributed by atoms with van der Waals surface area (Å²) in [6.07, 6.45) is 2.01. The van der Waals surface area contributed by atoms with Crippen LogP contribution >= 0.6 is 0 Å². The van der Waals surface area contributed by atoms with E-state index in [9.17, 15) is 0 Å². The molecule has 1 fully saturated rings. The highest BCUT2D eigenvalue weighted by Crippen LogP contribution is 2.34. The van der Waals surface area contributed by atoms with Crippen molar-refractivity contribution in [1.82, 2.24) is 24.6 Å². The molecule has 1 saturated heterocycles. The first-order valence-electron chi connectivity index (χ1n) is 10.6. The maximum absolute atomic E-state index is 5.07. The van der Waals surface area contributed by atoms with Crippen LogP contribution in [0, 0.1) is 0 Å². The van der Waals surface area contributed by atoms with E-state index in [1.807, 2.05) is 11.7 Å². The van der Waals surface area contributed by atoms with Gasteiger partial charge in [0.2, 0.25) is 5.95 Å². The Kier molecular flexibility index (Phi) is 4.62. The van der Waals surface area contributed by atoms with E-state index in [0.29, 0.717) is 0 Å². The van der Waals surface area contributed by atoms with Gasteiger partial charge in [-0.15, -0.1) is 0 Å². The molecule has 0 bridgehead atoms. The maximum atomic E-state index is 5.07. The molecule has 7 nitrogen and oxygen atoms in total. The van der Waals surface area contributed by atoms with E-state index >= 15 is 0 Å². The molecular weight excluding hydrogens is 362 g/mol. The Bertz CT molecular complexity index is 1020. The molecule has 0 amide bonds. The first-order chi connectivity index (χ1) is 14.1. The van der Waals surface area contributed by atoms with Crippen molar-refractivity contribution in [3.63, 3.8) is 0 Å². The highest BCUT2D eigenvalue weighted by atomic mass is 15.4. The maximum Gasteiger partial charge on any atom is 0.229 e. The van der Waals surface area contributed by atoms with Crippen molar-refractivity contribution in [3.05, 3.63) is 41.1 Å².